The molecule has 0 saturated heterocycles. The van der Waals surface area contributed by atoms with E-state index in [0.717, 1.165) is 16.3 Å². The van der Waals surface area contributed by atoms with E-state index in [9.17, 15) is 4.79 Å². The number of carbonyl (C=O) groups is 1. The van der Waals surface area contributed by atoms with Crippen LogP contribution in [0.3, 0.4) is 0 Å². The van der Waals surface area contributed by atoms with Crippen LogP contribution >= 0.6 is 22.9 Å². The van der Waals surface area contributed by atoms with Crippen LogP contribution in [-0.4, -0.2) is 13.1 Å². The lowest BCUT2D eigenvalue weighted by Gasteiger charge is -1.93. The van der Waals surface area contributed by atoms with Gasteiger partial charge in [0, 0.05) is 16.7 Å². The number of ether oxygens (including phenoxy) is 1. The molecular formula is C7H7ClO2S. The SMILES string of the molecule is O=COCCc1cc(Cl)cs1. The van der Waals surface area contributed by atoms with Crippen molar-refractivity contribution >= 4 is 29.4 Å². The quantitative estimate of drug-likeness (QED) is 0.537. The first-order valence-corrected chi connectivity index (χ1v) is 4.37. The molecule has 1 aromatic heterocycles. The monoisotopic (exact) mass is 190 g/mol. The Labute approximate surface area is 73.7 Å². The Hall–Kier alpha value is -0.540. The van der Waals surface area contributed by atoms with Crippen LogP contribution in [0.4, 0.5) is 0 Å². The van der Waals surface area contributed by atoms with E-state index in [1.54, 1.807) is 11.3 Å². The molecule has 0 aliphatic heterocycles. The summed E-state index contributed by atoms with van der Waals surface area (Å²) in [5.74, 6) is 0. The van der Waals surface area contributed by atoms with Gasteiger partial charge in [0.15, 0.2) is 0 Å². The van der Waals surface area contributed by atoms with Crippen molar-refractivity contribution in [2.24, 2.45) is 0 Å². The number of carbonyl (C=O) groups excluding carboxylic acids is 1. The molecule has 0 spiro atoms. The topological polar surface area (TPSA) is 26.3 Å². The van der Waals surface area contributed by atoms with Gasteiger partial charge in [-0.2, -0.15) is 0 Å². The highest BCUT2D eigenvalue weighted by molar-refractivity contribution is 7.10. The molecule has 0 fully saturated rings. The van der Waals surface area contributed by atoms with Crippen molar-refractivity contribution in [2.45, 2.75) is 6.42 Å². The fourth-order valence-electron chi connectivity index (χ4n) is 0.693. The Morgan fingerprint density at radius 3 is 3.09 bits per heavy atom. The molecule has 2 nitrogen and oxygen atoms in total. The Kier molecular flexibility index (Phi) is 3.39. The Balaban J connectivity index is 2.32. The zero-order chi connectivity index (χ0) is 8.10. The molecule has 60 valence electrons. The van der Waals surface area contributed by atoms with E-state index >= 15 is 0 Å². The van der Waals surface area contributed by atoms with Crippen LogP contribution in [0.15, 0.2) is 11.4 Å². The van der Waals surface area contributed by atoms with Gasteiger partial charge in [-0.25, -0.2) is 0 Å². The minimum absolute atomic E-state index is 0.431. The second-order valence-corrected chi connectivity index (χ2v) is 3.38. The third kappa shape index (κ3) is 2.91. The molecular weight excluding hydrogens is 184 g/mol. The first-order chi connectivity index (χ1) is 5.33. The van der Waals surface area contributed by atoms with Crippen molar-refractivity contribution in [2.75, 3.05) is 6.61 Å². The minimum atomic E-state index is 0.431. The molecule has 11 heavy (non-hydrogen) atoms. The summed E-state index contributed by atoms with van der Waals surface area (Å²) in [7, 11) is 0. The minimum Gasteiger partial charge on any atom is -0.468 e. The van der Waals surface area contributed by atoms with Crippen LogP contribution in [0.5, 0.6) is 0 Å². The largest absolute Gasteiger partial charge is 0.468 e. The van der Waals surface area contributed by atoms with Gasteiger partial charge in [-0.05, 0) is 6.07 Å². The fraction of sp³-hybridized carbons (Fsp3) is 0.286. The van der Waals surface area contributed by atoms with Crippen LogP contribution in [0.1, 0.15) is 4.88 Å². The van der Waals surface area contributed by atoms with E-state index in [0.29, 0.717) is 13.1 Å². The van der Waals surface area contributed by atoms with Crippen molar-refractivity contribution in [3.05, 3.63) is 21.3 Å². The Bertz CT molecular complexity index is 234. The van der Waals surface area contributed by atoms with Gasteiger partial charge in [-0.15, -0.1) is 11.3 Å². The van der Waals surface area contributed by atoms with E-state index in [1.165, 1.54) is 0 Å². The average Bonchev–Trinajstić information content (AvgIpc) is 2.37. The summed E-state index contributed by atoms with van der Waals surface area (Å²) in [4.78, 5) is 10.9. The lowest BCUT2D eigenvalue weighted by Crippen LogP contribution is -1.93. The summed E-state index contributed by atoms with van der Waals surface area (Å²) in [5.41, 5.74) is 0. The Morgan fingerprint density at radius 1 is 1.73 bits per heavy atom. The molecule has 0 unspecified atom stereocenters. The van der Waals surface area contributed by atoms with Crippen molar-refractivity contribution in [3.8, 4) is 0 Å². The molecule has 0 bridgehead atoms. The molecule has 1 heterocycles. The summed E-state index contributed by atoms with van der Waals surface area (Å²) >= 11 is 7.25. The fourth-order valence-corrected chi connectivity index (χ4v) is 1.75. The van der Waals surface area contributed by atoms with E-state index in [2.05, 4.69) is 4.74 Å². The Morgan fingerprint density at radius 2 is 2.55 bits per heavy atom. The molecule has 4 heteroatoms. The molecule has 0 radical (unpaired) electrons. The molecule has 0 aliphatic rings. The van der Waals surface area contributed by atoms with Crippen molar-refractivity contribution < 1.29 is 9.53 Å². The van der Waals surface area contributed by atoms with Gasteiger partial charge in [-0.3, -0.25) is 4.79 Å². The molecule has 0 atom stereocenters. The highest BCUT2D eigenvalue weighted by Crippen LogP contribution is 2.19. The first-order valence-electron chi connectivity index (χ1n) is 3.11. The smallest absolute Gasteiger partial charge is 0.293 e. The standard InChI is InChI=1S/C7H7ClO2S/c8-6-3-7(11-4-6)1-2-10-5-9/h3-5H,1-2H2. The highest BCUT2D eigenvalue weighted by Gasteiger charge is 1.96. The average molecular weight is 191 g/mol. The van der Waals surface area contributed by atoms with Gasteiger partial charge in [0.2, 0.25) is 0 Å². The molecule has 0 N–H and O–H groups in total. The number of hydrogen-bond donors (Lipinski definition) is 0. The number of rotatable bonds is 4. The molecule has 0 saturated carbocycles. The second-order valence-electron chi connectivity index (χ2n) is 1.95. The van der Waals surface area contributed by atoms with Gasteiger partial charge < -0.3 is 4.74 Å². The zero-order valence-electron chi connectivity index (χ0n) is 5.75. The van der Waals surface area contributed by atoms with Gasteiger partial charge in [0.1, 0.15) is 0 Å². The summed E-state index contributed by atoms with van der Waals surface area (Å²) in [6, 6.07) is 1.88. The molecule has 0 aliphatic carbocycles. The van der Waals surface area contributed by atoms with Crippen LogP contribution in [0, 0.1) is 0 Å². The van der Waals surface area contributed by atoms with Crippen LogP contribution in [0.25, 0.3) is 0 Å². The van der Waals surface area contributed by atoms with Crippen molar-refractivity contribution in [1.82, 2.24) is 0 Å². The number of halogens is 1. The highest BCUT2D eigenvalue weighted by atomic mass is 35.5. The summed E-state index contributed by atoms with van der Waals surface area (Å²) in [5, 5.41) is 2.61. The second kappa shape index (κ2) is 4.36. The number of hydrogen-bond acceptors (Lipinski definition) is 3. The predicted molar refractivity (Wildman–Crippen MR) is 45.0 cm³/mol. The summed E-state index contributed by atoms with van der Waals surface area (Å²) in [6.45, 7) is 0.884. The normalized spacial score (nSPS) is 9.55. The van der Waals surface area contributed by atoms with E-state index in [1.807, 2.05) is 11.4 Å². The lowest BCUT2D eigenvalue weighted by molar-refractivity contribution is -0.128. The van der Waals surface area contributed by atoms with Crippen LogP contribution in [-0.2, 0) is 16.0 Å². The van der Waals surface area contributed by atoms with E-state index in [4.69, 9.17) is 11.6 Å². The number of thiophene rings is 1. The van der Waals surface area contributed by atoms with Gasteiger partial charge in [0.25, 0.3) is 6.47 Å². The maximum atomic E-state index is 9.76. The maximum absolute atomic E-state index is 9.76. The third-order valence-electron chi connectivity index (χ3n) is 1.16. The maximum Gasteiger partial charge on any atom is 0.293 e. The van der Waals surface area contributed by atoms with Gasteiger partial charge >= 0.3 is 0 Å². The molecule has 1 aromatic rings. The van der Waals surface area contributed by atoms with Gasteiger partial charge in [-0.1, -0.05) is 11.6 Å². The summed E-state index contributed by atoms with van der Waals surface area (Å²) < 4.78 is 4.53. The van der Waals surface area contributed by atoms with Crippen LogP contribution in [0.2, 0.25) is 5.02 Å². The molecule has 0 aromatic carbocycles. The first kappa shape index (κ1) is 8.56. The molecule has 1 rings (SSSR count). The van der Waals surface area contributed by atoms with Crippen molar-refractivity contribution in [1.29, 1.82) is 0 Å². The van der Waals surface area contributed by atoms with Gasteiger partial charge in [0.05, 0.1) is 11.6 Å². The summed E-state index contributed by atoms with van der Waals surface area (Å²) in [6.07, 6.45) is 0.746. The lowest BCUT2D eigenvalue weighted by atomic mass is 10.4. The van der Waals surface area contributed by atoms with Crippen LogP contribution < -0.4 is 0 Å². The van der Waals surface area contributed by atoms with Crippen molar-refractivity contribution in [3.63, 3.8) is 0 Å². The predicted octanol–water partition coefficient (Wildman–Crippen LogP) is 2.12. The van der Waals surface area contributed by atoms with E-state index < -0.39 is 0 Å². The van der Waals surface area contributed by atoms with E-state index in [-0.39, 0.29) is 0 Å². The molecule has 0 amide bonds. The zero-order valence-corrected chi connectivity index (χ0v) is 7.32. The third-order valence-corrected chi connectivity index (χ3v) is 2.50.